The second kappa shape index (κ2) is 3.53. The van der Waals surface area contributed by atoms with Crippen molar-refractivity contribution in [1.82, 2.24) is 9.97 Å². The van der Waals surface area contributed by atoms with Crippen LogP contribution in [0.15, 0.2) is 6.20 Å². The van der Waals surface area contributed by atoms with E-state index in [1.54, 1.807) is 6.20 Å². The second-order valence-electron chi connectivity index (χ2n) is 3.92. The highest BCUT2D eigenvalue weighted by Crippen LogP contribution is 2.19. The van der Waals surface area contributed by atoms with Crippen molar-refractivity contribution in [2.75, 3.05) is 18.0 Å². The molecule has 0 aromatic carbocycles. The van der Waals surface area contributed by atoms with E-state index in [0.717, 1.165) is 36.7 Å². The van der Waals surface area contributed by atoms with E-state index in [9.17, 15) is 0 Å². The van der Waals surface area contributed by atoms with Gasteiger partial charge in [0.05, 0.1) is 11.4 Å². The predicted octanol–water partition coefficient (Wildman–Crippen LogP) is 0.631. The molecule has 0 saturated carbocycles. The molecule has 1 unspecified atom stereocenters. The molecule has 2 heterocycles. The van der Waals surface area contributed by atoms with Gasteiger partial charge in [0.15, 0.2) is 0 Å². The van der Waals surface area contributed by atoms with E-state index < -0.39 is 0 Å². The molecule has 14 heavy (non-hydrogen) atoms. The number of aryl methyl sites for hydroxylation is 2. The number of aromatic nitrogens is 2. The maximum absolute atomic E-state index is 5.86. The van der Waals surface area contributed by atoms with Crippen molar-refractivity contribution in [2.45, 2.75) is 26.3 Å². The number of nitrogens with two attached hydrogens (primary N) is 1. The maximum atomic E-state index is 5.86. The first-order chi connectivity index (χ1) is 6.66. The van der Waals surface area contributed by atoms with Gasteiger partial charge in [-0.25, -0.2) is 4.98 Å². The van der Waals surface area contributed by atoms with Crippen molar-refractivity contribution >= 4 is 5.82 Å². The van der Waals surface area contributed by atoms with Gasteiger partial charge in [0.25, 0.3) is 0 Å². The number of hydrogen-bond acceptors (Lipinski definition) is 4. The molecule has 0 bridgehead atoms. The fourth-order valence-corrected chi connectivity index (χ4v) is 1.80. The van der Waals surface area contributed by atoms with E-state index in [4.69, 9.17) is 5.73 Å². The third-order valence-electron chi connectivity index (χ3n) is 2.58. The van der Waals surface area contributed by atoms with Crippen molar-refractivity contribution in [3.63, 3.8) is 0 Å². The Balaban J connectivity index is 2.27. The van der Waals surface area contributed by atoms with Crippen LogP contribution in [0, 0.1) is 13.8 Å². The van der Waals surface area contributed by atoms with Gasteiger partial charge in [0.1, 0.15) is 5.82 Å². The van der Waals surface area contributed by atoms with Gasteiger partial charge in [-0.2, -0.15) is 0 Å². The Labute approximate surface area is 84.2 Å². The Morgan fingerprint density at radius 1 is 1.50 bits per heavy atom. The summed E-state index contributed by atoms with van der Waals surface area (Å²) in [6.07, 6.45) is 2.85. The minimum absolute atomic E-state index is 0.289. The lowest BCUT2D eigenvalue weighted by molar-refractivity contribution is 0.750. The minimum atomic E-state index is 0.289. The normalized spacial score (nSPS) is 21.6. The summed E-state index contributed by atoms with van der Waals surface area (Å²) in [4.78, 5) is 11.0. The van der Waals surface area contributed by atoms with E-state index in [1.165, 1.54) is 0 Å². The van der Waals surface area contributed by atoms with E-state index in [0.29, 0.717) is 0 Å². The highest BCUT2D eigenvalue weighted by atomic mass is 15.2. The molecule has 1 atom stereocenters. The Hall–Kier alpha value is -1.16. The van der Waals surface area contributed by atoms with Crippen LogP contribution in [0.1, 0.15) is 17.8 Å². The van der Waals surface area contributed by atoms with E-state index in [2.05, 4.69) is 14.9 Å². The molecule has 0 amide bonds. The number of nitrogens with zero attached hydrogens (tertiary/aromatic N) is 3. The van der Waals surface area contributed by atoms with Crippen LogP contribution in [0.3, 0.4) is 0 Å². The third kappa shape index (κ3) is 1.70. The van der Waals surface area contributed by atoms with E-state index >= 15 is 0 Å². The smallest absolute Gasteiger partial charge is 0.150 e. The summed E-state index contributed by atoms with van der Waals surface area (Å²) in [5.41, 5.74) is 7.82. The van der Waals surface area contributed by atoms with Crippen molar-refractivity contribution < 1.29 is 0 Å². The zero-order valence-corrected chi connectivity index (χ0v) is 8.70. The first-order valence-corrected chi connectivity index (χ1v) is 4.97. The van der Waals surface area contributed by atoms with Gasteiger partial charge in [-0.15, -0.1) is 0 Å². The molecule has 1 saturated heterocycles. The Kier molecular flexibility index (Phi) is 2.37. The number of hydrogen-bond donors (Lipinski definition) is 1. The number of rotatable bonds is 1. The molecule has 1 aromatic heterocycles. The lowest BCUT2D eigenvalue weighted by Crippen LogP contribution is -2.27. The van der Waals surface area contributed by atoms with Crippen LogP contribution in [0.4, 0.5) is 5.82 Å². The summed E-state index contributed by atoms with van der Waals surface area (Å²) in [6, 6.07) is 0.289. The standard InChI is InChI=1S/C10H16N4/c1-7-5-12-8(2)10(13-7)14-4-3-9(11)6-14/h5,9H,3-4,6,11H2,1-2H3. The molecule has 0 spiro atoms. The monoisotopic (exact) mass is 192 g/mol. The van der Waals surface area contributed by atoms with Gasteiger partial charge in [0, 0.05) is 25.3 Å². The molecule has 0 aliphatic carbocycles. The molecular formula is C10H16N4. The first kappa shape index (κ1) is 9.40. The van der Waals surface area contributed by atoms with Crippen molar-refractivity contribution in [1.29, 1.82) is 0 Å². The van der Waals surface area contributed by atoms with Gasteiger partial charge in [-0.1, -0.05) is 0 Å². The van der Waals surface area contributed by atoms with Crippen LogP contribution in [0.25, 0.3) is 0 Å². The Bertz CT molecular complexity index is 337. The van der Waals surface area contributed by atoms with Crippen LogP contribution in [-0.2, 0) is 0 Å². The fraction of sp³-hybridized carbons (Fsp3) is 0.600. The molecule has 1 aliphatic rings. The van der Waals surface area contributed by atoms with Crippen LogP contribution >= 0.6 is 0 Å². The second-order valence-corrected chi connectivity index (χ2v) is 3.92. The van der Waals surface area contributed by atoms with Crippen molar-refractivity contribution in [3.8, 4) is 0 Å². The SMILES string of the molecule is Cc1cnc(C)c(N2CCC(N)C2)n1. The zero-order chi connectivity index (χ0) is 10.1. The fourth-order valence-electron chi connectivity index (χ4n) is 1.80. The molecule has 4 nitrogen and oxygen atoms in total. The lowest BCUT2D eigenvalue weighted by atomic mass is 10.3. The van der Waals surface area contributed by atoms with Crippen LogP contribution in [-0.4, -0.2) is 29.1 Å². The zero-order valence-electron chi connectivity index (χ0n) is 8.70. The van der Waals surface area contributed by atoms with Gasteiger partial charge in [-0.3, -0.25) is 4.98 Å². The average molecular weight is 192 g/mol. The molecule has 4 heteroatoms. The quantitative estimate of drug-likeness (QED) is 0.709. The molecule has 1 aromatic rings. The lowest BCUT2D eigenvalue weighted by Gasteiger charge is -2.18. The summed E-state index contributed by atoms with van der Waals surface area (Å²) in [7, 11) is 0. The van der Waals surface area contributed by atoms with Crippen LogP contribution in [0.5, 0.6) is 0 Å². The van der Waals surface area contributed by atoms with Gasteiger partial charge in [-0.05, 0) is 20.3 Å². The molecule has 2 rings (SSSR count). The van der Waals surface area contributed by atoms with Crippen molar-refractivity contribution in [2.24, 2.45) is 5.73 Å². The summed E-state index contributed by atoms with van der Waals surface area (Å²) in [5.74, 6) is 0.998. The largest absolute Gasteiger partial charge is 0.353 e. The molecule has 1 aliphatic heterocycles. The van der Waals surface area contributed by atoms with Gasteiger partial charge in [0.2, 0.25) is 0 Å². The number of anilines is 1. The molecule has 76 valence electrons. The summed E-state index contributed by atoms with van der Waals surface area (Å²) in [6.45, 7) is 5.86. The third-order valence-corrected chi connectivity index (χ3v) is 2.58. The van der Waals surface area contributed by atoms with Crippen LogP contribution < -0.4 is 10.6 Å². The topological polar surface area (TPSA) is 55.0 Å². The summed E-state index contributed by atoms with van der Waals surface area (Å²) in [5, 5.41) is 0. The van der Waals surface area contributed by atoms with Gasteiger partial charge >= 0.3 is 0 Å². The van der Waals surface area contributed by atoms with E-state index in [1.807, 2.05) is 13.8 Å². The Morgan fingerprint density at radius 3 is 2.93 bits per heavy atom. The molecule has 2 N–H and O–H groups in total. The average Bonchev–Trinajstić information content (AvgIpc) is 2.56. The van der Waals surface area contributed by atoms with E-state index in [-0.39, 0.29) is 6.04 Å². The van der Waals surface area contributed by atoms with Crippen molar-refractivity contribution in [3.05, 3.63) is 17.6 Å². The van der Waals surface area contributed by atoms with Gasteiger partial charge < -0.3 is 10.6 Å². The molecular weight excluding hydrogens is 176 g/mol. The Morgan fingerprint density at radius 2 is 2.29 bits per heavy atom. The predicted molar refractivity (Wildman–Crippen MR) is 56.3 cm³/mol. The van der Waals surface area contributed by atoms with Crippen LogP contribution in [0.2, 0.25) is 0 Å². The molecule has 0 radical (unpaired) electrons. The first-order valence-electron chi connectivity index (χ1n) is 4.97. The summed E-state index contributed by atoms with van der Waals surface area (Å²) < 4.78 is 0. The maximum Gasteiger partial charge on any atom is 0.150 e. The summed E-state index contributed by atoms with van der Waals surface area (Å²) >= 11 is 0. The highest BCUT2D eigenvalue weighted by Gasteiger charge is 2.21. The highest BCUT2D eigenvalue weighted by molar-refractivity contribution is 5.44. The minimum Gasteiger partial charge on any atom is -0.353 e. The molecule has 1 fully saturated rings.